The van der Waals surface area contributed by atoms with Gasteiger partial charge < -0.3 is 9.84 Å². The lowest BCUT2D eigenvalue weighted by atomic mass is 9.97. The predicted octanol–water partition coefficient (Wildman–Crippen LogP) is 0.511. The van der Waals surface area contributed by atoms with E-state index in [1.807, 2.05) is 13.0 Å². The number of ether oxygens (including phenoxy) is 1. The number of aromatic nitrogens is 2. The summed E-state index contributed by atoms with van der Waals surface area (Å²) < 4.78 is 5.78. The average molecular weight is 249 g/mol. The van der Waals surface area contributed by atoms with Gasteiger partial charge in [0.25, 0.3) is 0 Å². The highest BCUT2D eigenvalue weighted by atomic mass is 16.5. The summed E-state index contributed by atoms with van der Waals surface area (Å²) >= 11 is 0. The molecule has 0 aliphatic carbocycles. The van der Waals surface area contributed by atoms with Crippen molar-refractivity contribution < 1.29 is 9.84 Å². The lowest BCUT2D eigenvalue weighted by Crippen LogP contribution is -2.40. The number of aliphatic hydroxyl groups is 1. The Morgan fingerprint density at radius 1 is 1.61 bits per heavy atom. The molecule has 0 aromatic carbocycles. The minimum Gasteiger partial charge on any atom is -0.389 e. The van der Waals surface area contributed by atoms with E-state index in [4.69, 9.17) is 4.74 Å². The van der Waals surface area contributed by atoms with Gasteiger partial charge in [0.2, 0.25) is 0 Å². The van der Waals surface area contributed by atoms with Crippen LogP contribution in [0, 0.1) is 6.92 Å². The first-order valence-electron chi connectivity index (χ1n) is 6.51. The fourth-order valence-electron chi connectivity index (χ4n) is 3.01. The van der Waals surface area contributed by atoms with E-state index in [0.717, 1.165) is 44.1 Å². The molecule has 0 amide bonds. The van der Waals surface area contributed by atoms with Crippen LogP contribution in [0.3, 0.4) is 0 Å². The number of rotatable bonds is 2. The van der Waals surface area contributed by atoms with Crippen molar-refractivity contribution in [1.82, 2.24) is 14.9 Å². The Morgan fingerprint density at radius 3 is 3.22 bits per heavy atom. The molecule has 5 heteroatoms. The molecule has 1 aromatic heterocycles. The van der Waals surface area contributed by atoms with Crippen LogP contribution in [0.1, 0.15) is 24.4 Å². The lowest BCUT2D eigenvalue weighted by molar-refractivity contribution is -0.0593. The summed E-state index contributed by atoms with van der Waals surface area (Å²) in [5.41, 5.74) is 0.687. The minimum atomic E-state index is -0.372. The maximum atomic E-state index is 10.2. The molecule has 0 saturated carbocycles. The molecule has 98 valence electrons. The van der Waals surface area contributed by atoms with Gasteiger partial charge in [-0.05, 0) is 25.8 Å². The van der Waals surface area contributed by atoms with E-state index in [-0.39, 0.29) is 11.7 Å². The first kappa shape index (κ1) is 12.0. The Hall–Kier alpha value is -1.04. The van der Waals surface area contributed by atoms with E-state index in [0.29, 0.717) is 6.54 Å². The molecule has 3 rings (SSSR count). The average Bonchev–Trinajstić information content (AvgIpc) is 2.89. The van der Waals surface area contributed by atoms with Gasteiger partial charge in [0, 0.05) is 32.4 Å². The van der Waals surface area contributed by atoms with E-state index in [1.54, 1.807) is 6.20 Å². The molecule has 18 heavy (non-hydrogen) atoms. The number of β-amino-alcohol motifs (C(OH)–C–C–N with tert-alkyl or cyclic N) is 1. The van der Waals surface area contributed by atoms with Crippen molar-refractivity contribution >= 4 is 0 Å². The molecule has 2 atom stereocenters. The summed E-state index contributed by atoms with van der Waals surface area (Å²) in [6, 6.07) is 1.93. The summed E-state index contributed by atoms with van der Waals surface area (Å²) in [4.78, 5) is 10.7. The third-order valence-electron chi connectivity index (χ3n) is 3.88. The Labute approximate surface area is 107 Å². The molecule has 0 bridgehead atoms. The van der Waals surface area contributed by atoms with Crippen LogP contribution in [0.15, 0.2) is 12.3 Å². The molecule has 2 fully saturated rings. The van der Waals surface area contributed by atoms with Gasteiger partial charge in [-0.25, -0.2) is 9.97 Å². The van der Waals surface area contributed by atoms with Crippen molar-refractivity contribution in [3.05, 3.63) is 23.8 Å². The summed E-state index contributed by atoms with van der Waals surface area (Å²) in [5.74, 6) is 0.791. The maximum Gasteiger partial charge on any atom is 0.125 e. The molecular formula is C13H19N3O2. The number of likely N-dealkylation sites (tertiary alicyclic amines) is 1. The number of hydrogen-bond acceptors (Lipinski definition) is 5. The van der Waals surface area contributed by atoms with Crippen LogP contribution >= 0.6 is 0 Å². The summed E-state index contributed by atoms with van der Waals surface area (Å²) in [7, 11) is 0. The predicted molar refractivity (Wildman–Crippen MR) is 66.0 cm³/mol. The lowest BCUT2D eigenvalue weighted by Gasteiger charge is -2.25. The highest BCUT2D eigenvalue weighted by Gasteiger charge is 2.48. The maximum absolute atomic E-state index is 10.2. The van der Waals surface area contributed by atoms with Gasteiger partial charge >= 0.3 is 0 Å². The van der Waals surface area contributed by atoms with Crippen molar-refractivity contribution in [2.24, 2.45) is 0 Å². The second-order valence-electron chi connectivity index (χ2n) is 5.30. The van der Waals surface area contributed by atoms with Crippen molar-refractivity contribution in [3.8, 4) is 0 Å². The zero-order valence-electron chi connectivity index (χ0n) is 10.7. The molecule has 1 N–H and O–H groups in total. The molecule has 2 saturated heterocycles. The second-order valence-corrected chi connectivity index (χ2v) is 5.30. The molecular weight excluding hydrogens is 230 g/mol. The van der Waals surface area contributed by atoms with Crippen LogP contribution in [-0.2, 0) is 11.3 Å². The van der Waals surface area contributed by atoms with E-state index < -0.39 is 0 Å². The van der Waals surface area contributed by atoms with E-state index in [9.17, 15) is 5.11 Å². The van der Waals surface area contributed by atoms with Gasteiger partial charge in [0.1, 0.15) is 11.4 Å². The summed E-state index contributed by atoms with van der Waals surface area (Å²) in [6.07, 6.45) is 3.43. The fourth-order valence-corrected chi connectivity index (χ4v) is 3.01. The zero-order chi connectivity index (χ0) is 12.6. The van der Waals surface area contributed by atoms with Crippen molar-refractivity contribution in [3.63, 3.8) is 0 Å². The van der Waals surface area contributed by atoms with Crippen molar-refractivity contribution in [1.29, 1.82) is 0 Å². The van der Waals surface area contributed by atoms with Gasteiger partial charge in [-0.15, -0.1) is 0 Å². The zero-order valence-corrected chi connectivity index (χ0v) is 10.7. The van der Waals surface area contributed by atoms with Gasteiger partial charge in [0.05, 0.1) is 11.8 Å². The molecule has 0 unspecified atom stereocenters. The molecule has 2 aliphatic rings. The van der Waals surface area contributed by atoms with Crippen molar-refractivity contribution in [2.45, 2.75) is 38.0 Å². The number of aryl methyl sites for hydroxylation is 1. The van der Waals surface area contributed by atoms with Gasteiger partial charge in [-0.1, -0.05) is 0 Å². The SMILES string of the molecule is Cc1nccc(CN2C[C@H](O)[C@]3(CCCO3)C2)n1. The minimum absolute atomic E-state index is 0.317. The van der Waals surface area contributed by atoms with Crippen LogP contribution < -0.4 is 0 Å². The molecule has 5 nitrogen and oxygen atoms in total. The largest absolute Gasteiger partial charge is 0.389 e. The normalized spacial score (nSPS) is 32.4. The number of hydrogen-bond donors (Lipinski definition) is 1. The van der Waals surface area contributed by atoms with E-state index in [1.165, 1.54) is 0 Å². The van der Waals surface area contributed by atoms with Crippen LogP contribution in [-0.4, -0.2) is 51.4 Å². The smallest absolute Gasteiger partial charge is 0.125 e. The molecule has 2 aliphatic heterocycles. The second kappa shape index (κ2) is 4.57. The third-order valence-corrected chi connectivity index (χ3v) is 3.88. The van der Waals surface area contributed by atoms with E-state index >= 15 is 0 Å². The third kappa shape index (κ3) is 2.13. The summed E-state index contributed by atoms with van der Waals surface area (Å²) in [6.45, 7) is 4.90. The van der Waals surface area contributed by atoms with Crippen LogP contribution in [0.5, 0.6) is 0 Å². The molecule has 0 radical (unpaired) electrons. The first-order valence-corrected chi connectivity index (χ1v) is 6.51. The van der Waals surface area contributed by atoms with Crippen molar-refractivity contribution in [2.75, 3.05) is 19.7 Å². The van der Waals surface area contributed by atoms with Gasteiger partial charge in [-0.2, -0.15) is 0 Å². The van der Waals surface area contributed by atoms with Crippen LogP contribution in [0.25, 0.3) is 0 Å². The Bertz CT molecular complexity index is 432. The Balaban J connectivity index is 1.68. The summed E-state index contributed by atoms with van der Waals surface area (Å²) in [5, 5.41) is 10.2. The molecule has 1 spiro atoms. The van der Waals surface area contributed by atoms with Gasteiger partial charge in [0.15, 0.2) is 0 Å². The van der Waals surface area contributed by atoms with Crippen LogP contribution in [0.2, 0.25) is 0 Å². The number of aliphatic hydroxyl groups excluding tert-OH is 1. The highest BCUT2D eigenvalue weighted by molar-refractivity contribution is 5.06. The van der Waals surface area contributed by atoms with Crippen LogP contribution in [0.4, 0.5) is 0 Å². The Kier molecular flexibility index (Phi) is 3.05. The highest BCUT2D eigenvalue weighted by Crippen LogP contribution is 2.35. The first-order chi connectivity index (χ1) is 8.68. The Morgan fingerprint density at radius 2 is 2.50 bits per heavy atom. The number of nitrogens with zero attached hydrogens (tertiary/aromatic N) is 3. The fraction of sp³-hybridized carbons (Fsp3) is 0.692. The van der Waals surface area contributed by atoms with E-state index in [2.05, 4.69) is 14.9 Å². The topological polar surface area (TPSA) is 58.5 Å². The molecule has 3 heterocycles. The monoisotopic (exact) mass is 249 g/mol. The van der Waals surface area contributed by atoms with Gasteiger partial charge in [-0.3, -0.25) is 4.90 Å². The molecule has 1 aromatic rings. The standard InChI is InChI=1S/C13H19N3O2/c1-10-14-5-3-11(15-10)7-16-8-12(17)13(9-16)4-2-6-18-13/h3,5,12,17H,2,4,6-9H2,1H3/t12-,13-/m0/s1. The quantitative estimate of drug-likeness (QED) is 0.827.